The Hall–Kier alpha value is -1.46. The Kier molecular flexibility index (Phi) is 5.70. The molecule has 1 aromatic rings. The Bertz CT molecular complexity index is 484. The van der Waals surface area contributed by atoms with Crippen molar-refractivity contribution in [1.82, 2.24) is 10.2 Å². The number of hydrogen-bond acceptors (Lipinski definition) is 3. The van der Waals surface area contributed by atoms with Crippen molar-refractivity contribution in [2.75, 3.05) is 32.0 Å². The minimum Gasteiger partial charge on any atom is -0.325 e. The normalized spacial score (nSPS) is 19.3. The summed E-state index contributed by atoms with van der Waals surface area (Å²) in [5.74, 6) is -0.394. The topological polar surface area (TPSA) is 44.4 Å². The number of amides is 1. The highest BCUT2D eigenvalue weighted by atomic mass is 19.1. The van der Waals surface area contributed by atoms with E-state index in [0.29, 0.717) is 23.8 Å². The van der Waals surface area contributed by atoms with Gasteiger partial charge in [0.15, 0.2) is 0 Å². The number of hydrogen-bond donors (Lipinski definition) is 2. The van der Waals surface area contributed by atoms with Crippen LogP contribution in [0.2, 0.25) is 0 Å². The van der Waals surface area contributed by atoms with E-state index in [1.54, 1.807) is 19.1 Å². The summed E-state index contributed by atoms with van der Waals surface area (Å²) in [6.07, 6.45) is 3.30. The monoisotopic (exact) mass is 293 g/mol. The summed E-state index contributed by atoms with van der Waals surface area (Å²) in [4.78, 5) is 14.1. The van der Waals surface area contributed by atoms with Gasteiger partial charge in [0, 0.05) is 11.7 Å². The number of rotatable bonds is 4. The molecule has 0 radical (unpaired) electrons. The van der Waals surface area contributed by atoms with Crippen molar-refractivity contribution in [3.8, 4) is 0 Å². The fraction of sp³-hybridized carbons (Fsp3) is 0.562. The van der Waals surface area contributed by atoms with Crippen LogP contribution in [0.15, 0.2) is 18.2 Å². The SMILES string of the molecule is Cc1ccc(NC(=O)CN(C)C2CCCNCC2)cc1F. The van der Waals surface area contributed by atoms with E-state index in [4.69, 9.17) is 0 Å². The highest BCUT2D eigenvalue weighted by Gasteiger charge is 2.18. The molecular formula is C16H24FN3O. The predicted octanol–water partition coefficient (Wildman–Crippen LogP) is 2.15. The van der Waals surface area contributed by atoms with Gasteiger partial charge in [-0.05, 0) is 64.0 Å². The largest absolute Gasteiger partial charge is 0.325 e. The maximum absolute atomic E-state index is 13.5. The lowest BCUT2D eigenvalue weighted by atomic mass is 10.1. The molecule has 0 spiro atoms. The molecule has 2 N–H and O–H groups in total. The summed E-state index contributed by atoms with van der Waals surface area (Å²) in [6.45, 7) is 4.09. The van der Waals surface area contributed by atoms with E-state index in [-0.39, 0.29) is 11.7 Å². The number of nitrogens with zero attached hydrogens (tertiary/aromatic N) is 1. The van der Waals surface area contributed by atoms with Gasteiger partial charge < -0.3 is 10.6 Å². The Morgan fingerprint density at radius 2 is 2.24 bits per heavy atom. The molecular weight excluding hydrogens is 269 g/mol. The van der Waals surface area contributed by atoms with Crippen LogP contribution in [-0.4, -0.2) is 43.5 Å². The maximum atomic E-state index is 13.5. The van der Waals surface area contributed by atoms with Crippen LogP contribution in [0.1, 0.15) is 24.8 Å². The van der Waals surface area contributed by atoms with Gasteiger partial charge in [-0.3, -0.25) is 9.69 Å². The molecule has 1 fully saturated rings. The highest BCUT2D eigenvalue weighted by molar-refractivity contribution is 5.92. The maximum Gasteiger partial charge on any atom is 0.238 e. The van der Waals surface area contributed by atoms with E-state index < -0.39 is 0 Å². The second-order valence-corrected chi connectivity index (χ2v) is 5.76. The van der Waals surface area contributed by atoms with Crippen molar-refractivity contribution < 1.29 is 9.18 Å². The molecule has 1 amide bonds. The van der Waals surface area contributed by atoms with Gasteiger partial charge in [-0.2, -0.15) is 0 Å². The molecule has 1 heterocycles. The molecule has 1 aliphatic heterocycles. The second-order valence-electron chi connectivity index (χ2n) is 5.76. The number of carbonyl (C=O) groups excluding carboxylic acids is 1. The molecule has 0 aromatic heterocycles. The average molecular weight is 293 g/mol. The molecule has 1 aromatic carbocycles. The molecule has 1 unspecified atom stereocenters. The molecule has 2 rings (SSSR count). The second kappa shape index (κ2) is 7.52. The van der Waals surface area contributed by atoms with E-state index in [2.05, 4.69) is 15.5 Å². The van der Waals surface area contributed by atoms with Gasteiger partial charge in [-0.15, -0.1) is 0 Å². The van der Waals surface area contributed by atoms with E-state index in [1.165, 1.54) is 6.07 Å². The smallest absolute Gasteiger partial charge is 0.238 e. The Balaban J connectivity index is 1.86. The molecule has 1 atom stereocenters. The van der Waals surface area contributed by atoms with Gasteiger partial charge in [0.25, 0.3) is 0 Å². The van der Waals surface area contributed by atoms with Crippen LogP contribution in [0, 0.1) is 12.7 Å². The molecule has 1 aliphatic rings. The molecule has 0 bridgehead atoms. The van der Waals surface area contributed by atoms with E-state index >= 15 is 0 Å². The highest BCUT2D eigenvalue weighted by Crippen LogP contribution is 2.15. The Morgan fingerprint density at radius 3 is 3.00 bits per heavy atom. The third kappa shape index (κ3) is 4.79. The van der Waals surface area contributed by atoms with Gasteiger partial charge in [0.2, 0.25) is 5.91 Å². The zero-order chi connectivity index (χ0) is 15.2. The molecule has 5 heteroatoms. The van der Waals surface area contributed by atoms with Crippen LogP contribution in [0.3, 0.4) is 0 Å². The fourth-order valence-corrected chi connectivity index (χ4v) is 2.67. The average Bonchev–Trinajstić information content (AvgIpc) is 2.72. The lowest BCUT2D eigenvalue weighted by molar-refractivity contribution is -0.117. The van der Waals surface area contributed by atoms with Crippen LogP contribution >= 0.6 is 0 Å². The molecule has 116 valence electrons. The molecule has 1 saturated heterocycles. The standard InChI is InChI=1S/C16H24FN3O/c1-12-5-6-13(10-15(12)17)19-16(21)11-20(2)14-4-3-8-18-9-7-14/h5-6,10,14,18H,3-4,7-9,11H2,1-2H3,(H,19,21). The number of carbonyl (C=O) groups is 1. The summed E-state index contributed by atoms with van der Waals surface area (Å²) in [5.41, 5.74) is 1.09. The third-order valence-electron chi connectivity index (χ3n) is 4.02. The predicted molar refractivity (Wildman–Crippen MR) is 82.9 cm³/mol. The minimum absolute atomic E-state index is 0.0991. The van der Waals surface area contributed by atoms with Crippen molar-refractivity contribution in [3.63, 3.8) is 0 Å². The number of halogens is 1. The minimum atomic E-state index is -0.295. The van der Waals surface area contributed by atoms with Crippen molar-refractivity contribution in [1.29, 1.82) is 0 Å². The Morgan fingerprint density at radius 1 is 1.43 bits per heavy atom. The first-order chi connectivity index (χ1) is 10.1. The molecule has 21 heavy (non-hydrogen) atoms. The fourth-order valence-electron chi connectivity index (χ4n) is 2.67. The third-order valence-corrected chi connectivity index (χ3v) is 4.02. The van der Waals surface area contributed by atoms with Crippen LogP contribution in [-0.2, 0) is 4.79 Å². The van der Waals surface area contributed by atoms with Crippen LogP contribution in [0.4, 0.5) is 10.1 Å². The Labute approximate surface area is 125 Å². The number of likely N-dealkylation sites (N-methyl/N-ethyl adjacent to an activating group) is 1. The van der Waals surface area contributed by atoms with Crippen molar-refractivity contribution in [2.24, 2.45) is 0 Å². The van der Waals surface area contributed by atoms with Crippen molar-refractivity contribution >= 4 is 11.6 Å². The van der Waals surface area contributed by atoms with E-state index in [9.17, 15) is 9.18 Å². The van der Waals surface area contributed by atoms with Gasteiger partial charge in [-0.25, -0.2) is 4.39 Å². The summed E-state index contributed by atoms with van der Waals surface area (Å²) >= 11 is 0. The first-order valence-electron chi connectivity index (χ1n) is 7.53. The summed E-state index contributed by atoms with van der Waals surface area (Å²) in [5, 5.41) is 6.13. The van der Waals surface area contributed by atoms with Crippen molar-refractivity contribution in [2.45, 2.75) is 32.2 Å². The summed E-state index contributed by atoms with van der Waals surface area (Å²) in [6, 6.07) is 5.20. The zero-order valence-corrected chi connectivity index (χ0v) is 12.8. The lowest BCUT2D eigenvalue weighted by Crippen LogP contribution is -2.38. The number of anilines is 1. The first-order valence-corrected chi connectivity index (χ1v) is 7.53. The molecule has 0 aliphatic carbocycles. The van der Waals surface area contributed by atoms with Crippen LogP contribution in [0.25, 0.3) is 0 Å². The quantitative estimate of drug-likeness (QED) is 0.894. The lowest BCUT2D eigenvalue weighted by Gasteiger charge is -2.26. The summed E-state index contributed by atoms with van der Waals surface area (Å²) in [7, 11) is 1.98. The zero-order valence-electron chi connectivity index (χ0n) is 12.8. The first kappa shape index (κ1) is 15.9. The van der Waals surface area contributed by atoms with Crippen LogP contribution in [0.5, 0.6) is 0 Å². The van der Waals surface area contributed by atoms with E-state index in [1.807, 2.05) is 7.05 Å². The van der Waals surface area contributed by atoms with Crippen molar-refractivity contribution in [3.05, 3.63) is 29.6 Å². The summed E-state index contributed by atoms with van der Waals surface area (Å²) < 4.78 is 13.5. The number of benzene rings is 1. The number of aryl methyl sites for hydroxylation is 1. The van der Waals surface area contributed by atoms with E-state index in [0.717, 1.165) is 32.4 Å². The van der Waals surface area contributed by atoms with Gasteiger partial charge in [-0.1, -0.05) is 6.07 Å². The van der Waals surface area contributed by atoms with Crippen LogP contribution < -0.4 is 10.6 Å². The number of nitrogens with one attached hydrogen (secondary N) is 2. The van der Waals surface area contributed by atoms with Gasteiger partial charge in [0.1, 0.15) is 5.82 Å². The van der Waals surface area contributed by atoms with Gasteiger partial charge >= 0.3 is 0 Å². The van der Waals surface area contributed by atoms with Gasteiger partial charge in [0.05, 0.1) is 6.54 Å². The molecule has 0 saturated carbocycles. The molecule has 4 nitrogen and oxygen atoms in total.